The summed E-state index contributed by atoms with van der Waals surface area (Å²) >= 11 is 0. The second kappa shape index (κ2) is 3.85. The van der Waals surface area contributed by atoms with Crippen molar-refractivity contribution in [1.82, 2.24) is 0 Å². The summed E-state index contributed by atoms with van der Waals surface area (Å²) in [6, 6.07) is 5.49. The number of ketones is 1. The Balaban J connectivity index is 2.44. The lowest BCUT2D eigenvalue weighted by molar-refractivity contribution is -0.114. The van der Waals surface area contributed by atoms with Crippen molar-refractivity contribution in [2.45, 2.75) is 26.2 Å². The van der Waals surface area contributed by atoms with Crippen LogP contribution in [0.25, 0.3) is 0 Å². The van der Waals surface area contributed by atoms with Gasteiger partial charge < -0.3 is 5.32 Å². The maximum atomic E-state index is 11.6. The molecule has 0 atom stereocenters. The van der Waals surface area contributed by atoms with E-state index in [9.17, 15) is 9.59 Å². The minimum Gasteiger partial charge on any atom is -0.326 e. The molecule has 1 N–H and O–H groups in total. The van der Waals surface area contributed by atoms with Gasteiger partial charge in [0.25, 0.3) is 0 Å². The molecule has 0 spiro atoms. The maximum absolute atomic E-state index is 11.6. The fourth-order valence-electron chi connectivity index (χ4n) is 1.98. The van der Waals surface area contributed by atoms with Crippen LogP contribution in [0, 0.1) is 0 Å². The number of Topliss-reactive ketones (excluding diaryl/α,β-unsaturated/α-hetero) is 1. The first-order valence-electron chi connectivity index (χ1n) is 5.11. The van der Waals surface area contributed by atoms with Crippen LogP contribution in [0.1, 0.15) is 35.7 Å². The topological polar surface area (TPSA) is 46.2 Å². The third-order valence-corrected chi connectivity index (χ3v) is 2.62. The second-order valence-corrected chi connectivity index (χ2v) is 3.79. The molecule has 1 aromatic rings. The molecule has 0 saturated heterocycles. The molecule has 0 saturated carbocycles. The smallest absolute Gasteiger partial charge is 0.221 e. The Labute approximate surface area is 88.5 Å². The standard InChI is InChI=1S/C12H13NO2/c1-8(14)13-11-6-2-5-10-9(11)4-3-7-12(10)15/h2,5-6H,3-4,7H2,1H3,(H,13,14). The number of carbonyl (C=O) groups excluding carboxylic acids is 2. The van der Waals surface area contributed by atoms with Gasteiger partial charge in [-0.15, -0.1) is 0 Å². The van der Waals surface area contributed by atoms with E-state index in [0.29, 0.717) is 6.42 Å². The molecule has 3 nitrogen and oxygen atoms in total. The third-order valence-electron chi connectivity index (χ3n) is 2.62. The number of hydrogen-bond donors (Lipinski definition) is 1. The van der Waals surface area contributed by atoms with Gasteiger partial charge in [-0.05, 0) is 24.5 Å². The Morgan fingerprint density at radius 1 is 1.33 bits per heavy atom. The second-order valence-electron chi connectivity index (χ2n) is 3.79. The number of nitrogens with one attached hydrogen (secondary N) is 1. The molecular weight excluding hydrogens is 190 g/mol. The van der Waals surface area contributed by atoms with E-state index in [4.69, 9.17) is 0 Å². The number of benzene rings is 1. The molecule has 0 bridgehead atoms. The SMILES string of the molecule is CC(=O)Nc1cccc2c1CCCC2=O. The van der Waals surface area contributed by atoms with E-state index in [1.54, 1.807) is 0 Å². The lowest BCUT2D eigenvalue weighted by Gasteiger charge is -2.18. The number of rotatable bonds is 1. The van der Waals surface area contributed by atoms with Crippen LogP contribution >= 0.6 is 0 Å². The number of anilines is 1. The quantitative estimate of drug-likeness (QED) is 0.760. The highest BCUT2D eigenvalue weighted by Crippen LogP contribution is 2.27. The van der Waals surface area contributed by atoms with Crippen molar-refractivity contribution in [3.8, 4) is 0 Å². The Bertz CT molecular complexity index is 424. The molecule has 1 aliphatic rings. The predicted molar refractivity (Wildman–Crippen MR) is 58.0 cm³/mol. The third kappa shape index (κ3) is 1.91. The van der Waals surface area contributed by atoms with Crippen molar-refractivity contribution in [3.63, 3.8) is 0 Å². The van der Waals surface area contributed by atoms with Gasteiger partial charge in [-0.3, -0.25) is 9.59 Å². The Hall–Kier alpha value is -1.64. The molecule has 0 unspecified atom stereocenters. The van der Waals surface area contributed by atoms with Gasteiger partial charge in [-0.2, -0.15) is 0 Å². The molecule has 78 valence electrons. The summed E-state index contributed by atoms with van der Waals surface area (Å²) < 4.78 is 0. The van der Waals surface area contributed by atoms with Crippen molar-refractivity contribution >= 4 is 17.4 Å². The summed E-state index contributed by atoms with van der Waals surface area (Å²) in [6.45, 7) is 1.48. The normalized spacial score (nSPS) is 14.6. The fraction of sp³-hybridized carbons (Fsp3) is 0.333. The molecule has 2 rings (SSSR count). The van der Waals surface area contributed by atoms with Gasteiger partial charge in [0, 0.05) is 24.6 Å². The van der Waals surface area contributed by atoms with Crippen molar-refractivity contribution in [1.29, 1.82) is 0 Å². The number of fused-ring (bicyclic) bond motifs is 1. The first-order valence-corrected chi connectivity index (χ1v) is 5.11. The van der Waals surface area contributed by atoms with E-state index in [1.165, 1.54) is 6.92 Å². The van der Waals surface area contributed by atoms with E-state index >= 15 is 0 Å². The Morgan fingerprint density at radius 2 is 2.13 bits per heavy atom. The van der Waals surface area contributed by atoms with E-state index in [2.05, 4.69) is 5.32 Å². The minimum absolute atomic E-state index is 0.0959. The summed E-state index contributed by atoms with van der Waals surface area (Å²) in [5.41, 5.74) is 2.55. The van der Waals surface area contributed by atoms with Gasteiger partial charge in [0.05, 0.1) is 0 Å². The zero-order chi connectivity index (χ0) is 10.8. The van der Waals surface area contributed by atoms with Crippen LogP contribution in [-0.4, -0.2) is 11.7 Å². The van der Waals surface area contributed by atoms with Crippen LogP contribution < -0.4 is 5.32 Å². The van der Waals surface area contributed by atoms with Crippen LogP contribution in [0.2, 0.25) is 0 Å². The maximum Gasteiger partial charge on any atom is 0.221 e. The molecule has 0 aliphatic heterocycles. The average Bonchev–Trinajstić information content (AvgIpc) is 2.19. The Morgan fingerprint density at radius 3 is 2.87 bits per heavy atom. The minimum atomic E-state index is -0.0959. The van der Waals surface area contributed by atoms with Crippen molar-refractivity contribution in [2.24, 2.45) is 0 Å². The fourth-order valence-corrected chi connectivity index (χ4v) is 1.98. The van der Waals surface area contributed by atoms with E-state index < -0.39 is 0 Å². The number of carbonyl (C=O) groups is 2. The molecule has 0 heterocycles. The largest absolute Gasteiger partial charge is 0.326 e. The summed E-state index contributed by atoms with van der Waals surface area (Å²) in [4.78, 5) is 22.6. The monoisotopic (exact) mass is 203 g/mol. The lowest BCUT2D eigenvalue weighted by Crippen LogP contribution is -2.15. The summed E-state index contributed by atoms with van der Waals surface area (Å²) in [7, 11) is 0. The number of amides is 1. The van der Waals surface area contributed by atoms with Crippen molar-refractivity contribution in [3.05, 3.63) is 29.3 Å². The van der Waals surface area contributed by atoms with Gasteiger partial charge >= 0.3 is 0 Å². The highest BCUT2D eigenvalue weighted by molar-refractivity contribution is 6.01. The number of hydrogen-bond acceptors (Lipinski definition) is 2. The molecule has 1 amide bonds. The highest BCUT2D eigenvalue weighted by Gasteiger charge is 2.19. The van der Waals surface area contributed by atoms with Crippen molar-refractivity contribution in [2.75, 3.05) is 5.32 Å². The zero-order valence-corrected chi connectivity index (χ0v) is 8.67. The highest BCUT2D eigenvalue weighted by atomic mass is 16.1. The van der Waals surface area contributed by atoms with Gasteiger partial charge in [-0.25, -0.2) is 0 Å². The van der Waals surface area contributed by atoms with Gasteiger partial charge in [-0.1, -0.05) is 12.1 Å². The molecular formula is C12H13NO2. The lowest BCUT2D eigenvalue weighted by atomic mass is 9.89. The van der Waals surface area contributed by atoms with E-state index in [-0.39, 0.29) is 11.7 Å². The summed E-state index contributed by atoms with van der Waals surface area (Å²) in [6.07, 6.45) is 2.37. The summed E-state index contributed by atoms with van der Waals surface area (Å²) in [5, 5.41) is 2.76. The van der Waals surface area contributed by atoms with Gasteiger partial charge in [0.1, 0.15) is 0 Å². The molecule has 1 aromatic carbocycles. The Kier molecular flexibility index (Phi) is 2.54. The van der Waals surface area contributed by atoms with E-state index in [1.807, 2.05) is 18.2 Å². The first kappa shape index (κ1) is 9.90. The molecule has 0 aromatic heterocycles. The van der Waals surface area contributed by atoms with Gasteiger partial charge in [0.15, 0.2) is 5.78 Å². The van der Waals surface area contributed by atoms with Crippen LogP contribution in [0.5, 0.6) is 0 Å². The van der Waals surface area contributed by atoms with Gasteiger partial charge in [0.2, 0.25) is 5.91 Å². The predicted octanol–water partition coefficient (Wildman–Crippen LogP) is 2.16. The first-order chi connectivity index (χ1) is 7.18. The summed E-state index contributed by atoms with van der Waals surface area (Å²) in [5.74, 6) is 0.0878. The van der Waals surface area contributed by atoms with Crippen LogP contribution in [0.4, 0.5) is 5.69 Å². The van der Waals surface area contributed by atoms with Crippen LogP contribution in [0.3, 0.4) is 0 Å². The van der Waals surface area contributed by atoms with Crippen LogP contribution in [0.15, 0.2) is 18.2 Å². The van der Waals surface area contributed by atoms with Crippen molar-refractivity contribution < 1.29 is 9.59 Å². The average molecular weight is 203 g/mol. The molecule has 3 heteroatoms. The molecule has 15 heavy (non-hydrogen) atoms. The molecule has 1 aliphatic carbocycles. The molecule has 0 radical (unpaired) electrons. The molecule has 0 fully saturated rings. The zero-order valence-electron chi connectivity index (χ0n) is 8.67. The van der Waals surface area contributed by atoms with E-state index in [0.717, 1.165) is 29.7 Å². The van der Waals surface area contributed by atoms with Crippen LogP contribution in [-0.2, 0) is 11.2 Å².